The van der Waals surface area contributed by atoms with Crippen molar-refractivity contribution in [1.29, 1.82) is 0 Å². The Labute approximate surface area is 95.7 Å². The molecule has 0 aromatic heterocycles. The predicted molar refractivity (Wildman–Crippen MR) is 67.4 cm³/mol. The van der Waals surface area contributed by atoms with E-state index in [1.165, 1.54) is 12.0 Å². The van der Waals surface area contributed by atoms with Crippen LogP contribution in [-0.4, -0.2) is 0 Å². The van der Waals surface area contributed by atoms with Gasteiger partial charge in [-0.3, -0.25) is 0 Å². The van der Waals surface area contributed by atoms with Gasteiger partial charge in [-0.2, -0.15) is 0 Å². The Morgan fingerprint density at radius 3 is 2.69 bits per heavy atom. The molecule has 0 heterocycles. The highest BCUT2D eigenvalue weighted by molar-refractivity contribution is 5.75. The molecule has 0 N–H and O–H groups in total. The SMILES string of the molecule is CCC1C=C(c2ccc(N=O)cc2)C=CC1. The van der Waals surface area contributed by atoms with E-state index in [-0.39, 0.29) is 0 Å². The number of allylic oxidation sites excluding steroid dienone is 4. The zero-order chi connectivity index (χ0) is 11.4. The lowest BCUT2D eigenvalue weighted by molar-refractivity contribution is 0.635. The van der Waals surface area contributed by atoms with Crippen LogP contribution in [0, 0.1) is 10.8 Å². The number of rotatable bonds is 3. The maximum absolute atomic E-state index is 10.3. The average molecular weight is 213 g/mol. The summed E-state index contributed by atoms with van der Waals surface area (Å²) in [4.78, 5) is 10.3. The fourth-order valence-corrected chi connectivity index (χ4v) is 1.94. The first-order chi connectivity index (χ1) is 7.83. The standard InChI is InChI=1S/C14H15NO/c1-2-11-4-3-5-13(10-11)12-6-8-14(15-16)9-7-12/h3,5-11H,2,4H2,1H3. The van der Waals surface area contributed by atoms with E-state index in [0.29, 0.717) is 11.6 Å². The zero-order valence-corrected chi connectivity index (χ0v) is 9.39. The lowest BCUT2D eigenvalue weighted by Crippen LogP contribution is -1.98. The Morgan fingerprint density at radius 2 is 2.06 bits per heavy atom. The van der Waals surface area contributed by atoms with Crippen molar-refractivity contribution < 1.29 is 0 Å². The van der Waals surface area contributed by atoms with Crippen LogP contribution in [0.1, 0.15) is 25.3 Å². The lowest BCUT2D eigenvalue weighted by Gasteiger charge is -2.14. The van der Waals surface area contributed by atoms with E-state index >= 15 is 0 Å². The quantitative estimate of drug-likeness (QED) is 0.682. The largest absolute Gasteiger partial charge is 0.145 e. The zero-order valence-electron chi connectivity index (χ0n) is 9.39. The molecule has 0 aliphatic heterocycles. The number of hydrogen-bond acceptors (Lipinski definition) is 2. The van der Waals surface area contributed by atoms with Crippen LogP contribution in [0.25, 0.3) is 5.57 Å². The highest BCUT2D eigenvalue weighted by Gasteiger charge is 2.08. The van der Waals surface area contributed by atoms with Gasteiger partial charge in [-0.25, -0.2) is 0 Å². The lowest BCUT2D eigenvalue weighted by atomic mass is 9.91. The number of nitroso groups, excluding NO2 is 1. The van der Waals surface area contributed by atoms with Crippen molar-refractivity contribution in [2.24, 2.45) is 11.1 Å². The van der Waals surface area contributed by atoms with Gasteiger partial charge in [0, 0.05) is 0 Å². The number of benzene rings is 1. The van der Waals surface area contributed by atoms with Crippen LogP contribution in [0.15, 0.2) is 47.7 Å². The van der Waals surface area contributed by atoms with E-state index in [1.807, 2.05) is 12.1 Å². The molecule has 1 aliphatic rings. The van der Waals surface area contributed by atoms with Crippen LogP contribution in [-0.2, 0) is 0 Å². The third kappa shape index (κ3) is 2.27. The molecule has 1 atom stereocenters. The van der Waals surface area contributed by atoms with E-state index in [4.69, 9.17) is 0 Å². The predicted octanol–water partition coefficient (Wildman–Crippen LogP) is 4.45. The Kier molecular flexibility index (Phi) is 3.30. The second-order valence-electron chi connectivity index (χ2n) is 4.07. The summed E-state index contributed by atoms with van der Waals surface area (Å²) < 4.78 is 0. The van der Waals surface area contributed by atoms with E-state index in [0.717, 1.165) is 12.0 Å². The molecule has 0 fully saturated rings. The van der Waals surface area contributed by atoms with Gasteiger partial charge in [0.1, 0.15) is 5.69 Å². The summed E-state index contributed by atoms with van der Waals surface area (Å²) in [7, 11) is 0. The minimum Gasteiger partial charge on any atom is -0.145 e. The summed E-state index contributed by atoms with van der Waals surface area (Å²) in [5.74, 6) is 0.642. The molecule has 1 unspecified atom stereocenters. The van der Waals surface area contributed by atoms with Crippen molar-refractivity contribution in [3.63, 3.8) is 0 Å². The fourth-order valence-electron chi connectivity index (χ4n) is 1.94. The maximum atomic E-state index is 10.3. The van der Waals surface area contributed by atoms with Crippen molar-refractivity contribution in [3.8, 4) is 0 Å². The summed E-state index contributed by atoms with van der Waals surface area (Å²) in [5, 5.41) is 2.90. The van der Waals surface area contributed by atoms with E-state index in [2.05, 4.69) is 30.3 Å². The fraction of sp³-hybridized carbons (Fsp3) is 0.286. The molecule has 1 aliphatic carbocycles. The molecule has 2 nitrogen and oxygen atoms in total. The molecule has 0 radical (unpaired) electrons. The van der Waals surface area contributed by atoms with Crippen LogP contribution >= 0.6 is 0 Å². The highest BCUT2D eigenvalue weighted by Crippen LogP contribution is 2.27. The summed E-state index contributed by atoms with van der Waals surface area (Å²) in [5.41, 5.74) is 2.88. The van der Waals surface area contributed by atoms with Gasteiger partial charge in [0.15, 0.2) is 0 Å². The van der Waals surface area contributed by atoms with Gasteiger partial charge in [0.25, 0.3) is 0 Å². The molecule has 1 aromatic carbocycles. The van der Waals surface area contributed by atoms with Crippen LogP contribution in [0.2, 0.25) is 0 Å². The monoisotopic (exact) mass is 213 g/mol. The minimum atomic E-state index is 0.483. The first kappa shape index (κ1) is 10.8. The molecule has 0 amide bonds. The number of nitrogens with zero attached hydrogens (tertiary/aromatic N) is 1. The van der Waals surface area contributed by atoms with Crippen LogP contribution in [0.5, 0.6) is 0 Å². The molecule has 82 valence electrons. The molecule has 0 spiro atoms. The van der Waals surface area contributed by atoms with E-state index in [9.17, 15) is 4.91 Å². The van der Waals surface area contributed by atoms with Crippen molar-refractivity contribution >= 4 is 11.3 Å². The molecule has 0 bridgehead atoms. The molecule has 1 aromatic rings. The maximum Gasteiger partial charge on any atom is 0.108 e. The van der Waals surface area contributed by atoms with Gasteiger partial charge in [-0.1, -0.05) is 37.3 Å². The van der Waals surface area contributed by atoms with Crippen LogP contribution in [0.3, 0.4) is 0 Å². The second kappa shape index (κ2) is 4.88. The van der Waals surface area contributed by atoms with E-state index < -0.39 is 0 Å². The first-order valence-corrected chi connectivity index (χ1v) is 5.65. The molecule has 0 saturated heterocycles. The van der Waals surface area contributed by atoms with Crippen LogP contribution in [0.4, 0.5) is 5.69 Å². The molecular formula is C14H15NO. The van der Waals surface area contributed by atoms with Crippen molar-refractivity contribution in [2.75, 3.05) is 0 Å². The third-order valence-corrected chi connectivity index (χ3v) is 2.98. The molecule has 16 heavy (non-hydrogen) atoms. The molecule has 2 rings (SSSR count). The molecule has 2 heteroatoms. The Bertz CT molecular complexity index is 429. The summed E-state index contributed by atoms with van der Waals surface area (Å²) in [6, 6.07) is 7.41. The Morgan fingerprint density at radius 1 is 1.31 bits per heavy atom. The van der Waals surface area contributed by atoms with Crippen LogP contribution < -0.4 is 0 Å². The Hall–Kier alpha value is -1.70. The average Bonchev–Trinajstić information content (AvgIpc) is 2.39. The van der Waals surface area contributed by atoms with Gasteiger partial charge in [0.05, 0.1) is 0 Å². The van der Waals surface area contributed by atoms with Gasteiger partial charge >= 0.3 is 0 Å². The first-order valence-electron chi connectivity index (χ1n) is 5.65. The third-order valence-electron chi connectivity index (χ3n) is 2.98. The molecule has 0 saturated carbocycles. The van der Waals surface area contributed by atoms with Gasteiger partial charge in [-0.05, 0) is 47.2 Å². The minimum absolute atomic E-state index is 0.483. The summed E-state index contributed by atoms with van der Waals surface area (Å²) >= 11 is 0. The summed E-state index contributed by atoms with van der Waals surface area (Å²) in [6.07, 6.45) is 8.98. The van der Waals surface area contributed by atoms with Crippen molar-refractivity contribution in [3.05, 3.63) is 53.0 Å². The van der Waals surface area contributed by atoms with E-state index in [1.54, 1.807) is 12.1 Å². The number of hydrogen-bond donors (Lipinski definition) is 0. The Balaban J connectivity index is 2.26. The van der Waals surface area contributed by atoms with Gasteiger partial charge < -0.3 is 0 Å². The molecular weight excluding hydrogens is 198 g/mol. The highest BCUT2D eigenvalue weighted by atomic mass is 16.3. The summed E-state index contributed by atoms with van der Waals surface area (Å²) in [6.45, 7) is 2.21. The normalized spacial score (nSPS) is 19.3. The van der Waals surface area contributed by atoms with Crippen molar-refractivity contribution in [2.45, 2.75) is 19.8 Å². The van der Waals surface area contributed by atoms with Gasteiger partial charge in [-0.15, -0.1) is 4.91 Å². The smallest absolute Gasteiger partial charge is 0.108 e. The van der Waals surface area contributed by atoms with Gasteiger partial charge in [0.2, 0.25) is 0 Å². The van der Waals surface area contributed by atoms with Crippen molar-refractivity contribution in [1.82, 2.24) is 0 Å². The second-order valence-corrected chi connectivity index (χ2v) is 4.07. The topological polar surface area (TPSA) is 29.4 Å².